The van der Waals surface area contributed by atoms with Crippen LogP contribution in [0.1, 0.15) is 18.4 Å². The van der Waals surface area contributed by atoms with Crippen LogP contribution in [0.4, 0.5) is 5.69 Å². The van der Waals surface area contributed by atoms with Crippen LogP contribution >= 0.6 is 11.8 Å². The van der Waals surface area contributed by atoms with Gasteiger partial charge in [-0.05, 0) is 38.1 Å². The molecule has 0 aliphatic heterocycles. The first-order valence-corrected chi connectivity index (χ1v) is 9.42. The fourth-order valence-corrected chi connectivity index (χ4v) is 3.17. The zero-order chi connectivity index (χ0) is 19.2. The first kappa shape index (κ1) is 19.0. The molecule has 3 rings (SSSR count). The third-order valence-corrected chi connectivity index (χ3v) is 4.85. The molecule has 1 heterocycles. The van der Waals surface area contributed by atoms with E-state index >= 15 is 0 Å². The molecule has 2 aromatic carbocycles. The molecule has 140 valence electrons. The van der Waals surface area contributed by atoms with Crippen molar-refractivity contribution >= 4 is 23.4 Å². The quantitative estimate of drug-likeness (QED) is 0.572. The zero-order valence-corrected chi connectivity index (χ0v) is 16.3. The fourth-order valence-electron chi connectivity index (χ4n) is 2.38. The van der Waals surface area contributed by atoms with Crippen molar-refractivity contribution < 1.29 is 13.9 Å². The summed E-state index contributed by atoms with van der Waals surface area (Å²) in [5.74, 6) is 1.07. The van der Waals surface area contributed by atoms with E-state index in [9.17, 15) is 4.79 Å². The van der Waals surface area contributed by atoms with Gasteiger partial charge in [-0.25, -0.2) is 0 Å². The monoisotopic (exact) mass is 383 g/mol. The minimum absolute atomic E-state index is 0.0399. The number of aryl methyl sites for hydroxylation is 1. The Kier molecular flexibility index (Phi) is 6.13. The van der Waals surface area contributed by atoms with Gasteiger partial charge in [0.25, 0.3) is 11.1 Å². The number of carbonyl (C=O) groups excluding carboxylic acids is 1. The summed E-state index contributed by atoms with van der Waals surface area (Å²) in [4.78, 5) is 14.2. The van der Waals surface area contributed by atoms with Gasteiger partial charge < -0.3 is 14.1 Å². The van der Waals surface area contributed by atoms with Crippen LogP contribution in [0.3, 0.4) is 0 Å². The molecule has 0 spiro atoms. The van der Waals surface area contributed by atoms with Gasteiger partial charge in [0, 0.05) is 12.7 Å². The van der Waals surface area contributed by atoms with Crippen molar-refractivity contribution in [1.82, 2.24) is 10.2 Å². The third-order valence-electron chi connectivity index (χ3n) is 3.93. The molecule has 0 aliphatic carbocycles. The predicted octanol–water partition coefficient (Wildman–Crippen LogP) is 4.10. The van der Waals surface area contributed by atoms with E-state index in [2.05, 4.69) is 10.2 Å². The van der Waals surface area contributed by atoms with Crippen LogP contribution in [0.15, 0.2) is 64.2 Å². The maximum Gasteiger partial charge on any atom is 0.277 e. The van der Waals surface area contributed by atoms with Crippen molar-refractivity contribution in [3.05, 3.63) is 66.1 Å². The number of carbonyl (C=O) groups is 1. The molecular weight excluding hydrogens is 362 g/mol. The second kappa shape index (κ2) is 8.73. The number of rotatable bonds is 7. The van der Waals surface area contributed by atoms with Crippen LogP contribution in [0.25, 0.3) is 0 Å². The lowest BCUT2D eigenvalue weighted by Gasteiger charge is -2.20. The molecule has 27 heavy (non-hydrogen) atoms. The number of anilines is 1. The molecule has 7 heteroatoms. The molecule has 0 radical (unpaired) electrons. The Morgan fingerprint density at radius 2 is 1.85 bits per heavy atom. The molecule has 0 bridgehead atoms. The number of aromatic nitrogens is 2. The maximum absolute atomic E-state index is 12.6. The summed E-state index contributed by atoms with van der Waals surface area (Å²) in [5, 5.41) is 7.96. The average molecular weight is 383 g/mol. The highest BCUT2D eigenvalue weighted by Crippen LogP contribution is 2.25. The summed E-state index contributed by atoms with van der Waals surface area (Å²) >= 11 is 1.23. The molecule has 0 saturated heterocycles. The van der Waals surface area contributed by atoms with Gasteiger partial charge in [0.15, 0.2) is 6.61 Å². The summed E-state index contributed by atoms with van der Waals surface area (Å²) in [7, 11) is 1.75. The molecule has 1 amide bonds. The molecule has 1 atom stereocenters. The van der Waals surface area contributed by atoms with Crippen molar-refractivity contribution in [2.45, 2.75) is 30.9 Å². The first-order chi connectivity index (χ1) is 13.0. The van der Waals surface area contributed by atoms with Crippen LogP contribution in [0.2, 0.25) is 0 Å². The molecule has 1 unspecified atom stereocenters. The highest BCUT2D eigenvalue weighted by Gasteiger charge is 2.22. The molecule has 3 aromatic rings. The van der Waals surface area contributed by atoms with Gasteiger partial charge >= 0.3 is 0 Å². The van der Waals surface area contributed by atoms with E-state index in [1.165, 1.54) is 11.8 Å². The van der Waals surface area contributed by atoms with Crippen LogP contribution in [-0.4, -0.2) is 28.4 Å². The first-order valence-electron chi connectivity index (χ1n) is 8.54. The lowest BCUT2D eigenvalue weighted by atomic mass is 10.2. The average Bonchev–Trinajstić information content (AvgIpc) is 3.14. The van der Waals surface area contributed by atoms with Gasteiger partial charge in [-0.1, -0.05) is 47.7 Å². The number of amides is 1. The standard InChI is InChI=1S/C20H21N3O3S/c1-14-9-11-17(12-10-14)25-13-18-21-22-20(26-18)27-15(2)19(24)23(3)16-7-5-4-6-8-16/h4-12,15H,13H2,1-3H3. The highest BCUT2D eigenvalue weighted by molar-refractivity contribution is 8.00. The van der Waals surface area contributed by atoms with Crippen molar-refractivity contribution in [2.75, 3.05) is 11.9 Å². The smallest absolute Gasteiger partial charge is 0.277 e. The minimum Gasteiger partial charge on any atom is -0.484 e. The lowest BCUT2D eigenvalue weighted by Crippen LogP contribution is -2.33. The Morgan fingerprint density at radius 3 is 2.56 bits per heavy atom. The number of para-hydroxylation sites is 1. The largest absolute Gasteiger partial charge is 0.484 e. The van der Waals surface area contributed by atoms with Gasteiger partial charge in [-0.3, -0.25) is 4.79 Å². The number of ether oxygens (including phenoxy) is 1. The Hall–Kier alpha value is -2.80. The Balaban J connectivity index is 1.55. The van der Waals surface area contributed by atoms with Crippen LogP contribution in [0, 0.1) is 6.92 Å². The van der Waals surface area contributed by atoms with Gasteiger partial charge in [-0.15, -0.1) is 10.2 Å². The number of hydrogen-bond donors (Lipinski definition) is 0. The van der Waals surface area contributed by atoms with E-state index in [1.807, 2.05) is 68.4 Å². The maximum atomic E-state index is 12.6. The Bertz CT molecular complexity index is 881. The molecule has 0 aliphatic rings. The van der Waals surface area contributed by atoms with E-state index < -0.39 is 0 Å². The normalized spacial score (nSPS) is 11.8. The van der Waals surface area contributed by atoms with Crippen LogP contribution < -0.4 is 9.64 Å². The third kappa shape index (κ3) is 5.10. The van der Waals surface area contributed by atoms with Crippen LogP contribution in [0.5, 0.6) is 5.75 Å². The summed E-state index contributed by atoms with van der Waals surface area (Å²) < 4.78 is 11.2. The van der Waals surface area contributed by atoms with E-state index in [0.717, 1.165) is 17.0 Å². The second-order valence-electron chi connectivity index (χ2n) is 6.06. The van der Waals surface area contributed by atoms with Crippen molar-refractivity contribution in [2.24, 2.45) is 0 Å². The van der Waals surface area contributed by atoms with E-state index in [4.69, 9.17) is 9.15 Å². The zero-order valence-electron chi connectivity index (χ0n) is 15.5. The molecule has 0 saturated carbocycles. The molecule has 1 aromatic heterocycles. The van der Waals surface area contributed by atoms with E-state index in [-0.39, 0.29) is 17.8 Å². The predicted molar refractivity (Wildman–Crippen MR) is 105 cm³/mol. The van der Waals surface area contributed by atoms with E-state index in [0.29, 0.717) is 11.1 Å². The number of benzene rings is 2. The summed E-state index contributed by atoms with van der Waals surface area (Å²) in [6.07, 6.45) is 0. The van der Waals surface area contributed by atoms with Gasteiger partial charge in [0.05, 0.1) is 5.25 Å². The Labute approximate surface area is 162 Å². The number of nitrogens with zero attached hydrogens (tertiary/aromatic N) is 3. The molecule has 0 fully saturated rings. The van der Waals surface area contributed by atoms with Crippen molar-refractivity contribution in [1.29, 1.82) is 0 Å². The van der Waals surface area contributed by atoms with E-state index in [1.54, 1.807) is 11.9 Å². The molecular formula is C20H21N3O3S. The minimum atomic E-state index is -0.360. The van der Waals surface area contributed by atoms with Gasteiger partial charge in [-0.2, -0.15) is 0 Å². The summed E-state index contributed by atoms with van der Waals surface area (Å²) in [5.41, 5.74) is 2.01. The van der Waals surface area contributed by atoms with Crippen molar-refractivity contribution in [3.8, 4) is 5.75 Å². The lowest BCUT2D eigenvalue weighted by molar-refractivity contribution is -0.117. The number of thioether (sulfide) groups is 1. The van der Waals surface area contributed by atoms with Gasteiger partial charge in [0.2, 0.25) is 5.91 Å². The highest BCUT2D eigenvalue weighted by atomic mass is 32.2. The molecule has 6 nitrogen and oxygen atoms in total. The topological polar surface area (TPSA) is 68.5 Å². The summed E-state index contributed by atoms with van der Waals surface area (Å²) in [6, 6.07) is 17.2. The molecule has 0 N–H and O–H groups in total. The number of hydrogen-bond acceptors (Lipinski definition) is 6. The van der Waals surface area contributed by atoms with Crippen LogP contribution in [-0.2, 0) is 11.4 Å². The van der Waals surface area contributed by atoms with Gasteiger partial charge in [0.1, 0.15) is 5.75 Å². The Morgan fingerprint density at radius 1 is 1.15 bits per heavy atom. The second-order valence-corrected chi connectivity index (χ2v) is 7.35. The summed E-state index contributed by atoms with van der Waals surface area (Å²) in [6.45, 7) is 4.02. The fraction of sp³-hybridized carbons (Fsp3) is 0.250. The van der Waals surface area contributed by atoms with Crippen molar-refractivity contribution in [3.63, 3.8) is 0 Å². The SMILES string of the molecule is Cc1ccc(OCc2nnc(SC(C)C(=O)N(C)c3ccccc3)o2)cc1.